The number of benzene rings is 2. The van der Waals surface area contributed by atoms with Gasteiger partial charge in [-0.2, -0.15) is 0 Å². The molecule has 176 valence electrons. The maximum absolute atomic E-state index is 12.7. The van der Waals surface area contributed by atoms with E-state index in [1.807, 2.05) is 50.2 Å². The quantitative estimate of drug-likeness (QED) is 0.498. The Morgan fingerprint density at radius 2 is 1.48 bits per heavy atom. The van der Waals surface area contributed by atoms with Crippen molar-refractivity contribution < 1.29 is 24.2 Å². The van der Waals surface area contributed by atoms with Gasteiger partial charge in [-0.1, -0.05) is 62.4 Å². The number of nitrogens with one attached hydrogen (secondary N) is 2. The summed E-state index contributed by atoms with van der Waals surface area (Å²) in [6.07, 6.45) is 0.322. The Morgan fingerprint density at radius 3 is 2.03 bits per heavy atom. The summed E-state index contributed by atoms with van der Waals surface area (Å²) in [5.41, 5.74) is 4.51. The van der Waals surface area contributed by atoms with Crippen LogP contribution in [0.1, 0.15) is 57.1 Å². The Labute approximate surface area is 194 Å². The predicted molar refractivity (Wildman–Crippen MR) is 126 cm³/mol. The first-order valence-corrected chi connectivity index (χ1v) is 11.4. The van der Waals surface area contributed by atoms with Crippen molar-refractivity contribution in [2.75, 3.05) is 6.61 Å². The number of hydrogen-bond donors (Lipinski definition) is 3. The van der Waals surface area contributed by atoms with Crippen molar-refractivity contribution >= 4 is 18.0 Å². The predicted octanol–water partition coefficient (Wildman–Crippen LogP) is 4.31. The van der Waals surface area contributed by atoms with E-state index < -0.39 is 30.1 Å². The average molecular weight is 453 g/mol. The van der Waals surface area contributed by atoms with Gasteiger partial charge in [0.05, 0.1) is 6.42 Å². The molecule has 7 heteroatoms. The SMILES string of the molecule is CC(C)CCC(NC(=O)OCC1c2ccccc2-c2ccccc21)C(=O)NC(C)CC(=O)O. The fourth-order valence-electron chi connectivity index (χ4n) is 4.21. The third kappa shape index (κ3) is 6.34. The lowest BCUT2D eigenvalue weighted by atomic mass is 9.98. The summed E-state index contributed by atoms with van der Waals surface area (Å²) in [6, 6.07) is 14.8. The van der Waals surface area contributed by atoms with Gasteiger partial charge in [-0.3, -0.25) is 9.59 Å². The highest BCUT2D eigenvalue weighted by Gasteiger charge is 2.30. The molecule has 0 bridgehead atoms. The maximum Gasteiger partial charge on any atom is 0.407 e. The number of carbonyl (C=O) groups excluding carboxylic acids is 2. The van der Waals surface area contributed by atoms with Crippen LogP contribution in [0.4, 0.5) is 4.79 Å². The van der Waals surface area contributed by atoms with E-state index in [1.54, 1.807) is 6.92 Å². The van der Waals surface area contributed by atoms with Gasteiger partial charge in [-0.25, -0.2) is 4.79 Å². The van der Waals surface area contributed by atoms with E-state index in [1.165, 1.54) is 0 Å². The number of hydrogen-bond acceptors (Lipinski definition) is 4. The third-order valence-electron chi connectivity index (χ3n) is 5.85. The molecule has 0 fully saturated rings. The van der Waals surface area contributed by atoms with E-state index in [9.17, 15) is 14.4 Å². The molecule has 1 aliphatic rings. The van der Waals surface area contributed by atoms with Crippen LogP contribution in [-0.4, -0.2) is 41.8 Å². The van der Waals surface area contributed by atoms with Crippen molar-refractivity contribution in [3.63, 3.8) is 0 Å². The summed E-state index contributed by atoms with van der Waals surface area (Å²) in [4.78, 5) is 36.2. The Hall–Kier alpha value is -3.35. The molecule has 0 heterocycles. The van der Waals surface area contributed by atoms with E-state index in [4.69, 9.17) is 9.84 Å². The summed E-state index contributed by atoms with van der Waals surface area (Å²) < 4.78 is 5.57. The first-order chi connectivity index (χ1) is 15.8. The highest BCUT2D eigenvalue weighted by molar-refractivity contribution is 5.86. The first kappa shape index (κ1) is 24.3. The van der Waals surface area contributed by atoms with Gasteiger partial charge in [0.15, 0.2) is 0 Å². The van der Waals surface area contributed by atoms with Gasteiger partial charge in [0.2, 0.25) is 5.91 Å². The number of rotatable bonds is 10. The molecule has 2 amide bonds. The zero-order valence-electron chi connectivity index (χ0n) is 19.3. The highest BCUT2D eigenvalue weighted by Crippen LogP contribution is 2.44. The molecule has 3 rings (SSSR count). The monoisotopic (exact) mass is 452 g/mol. The lowest BCUT2D eigenvalue weighted by Gasteiger charge is -2.22. The molecule has 2 atom stereocenters. The van der Waals surface area contributed by atoms with Crippen molar-refractivity contribution in [2.24, 2.45) is 5.92 Å². The van der Waals surface area contributed by atoms with Crippen molar-refractivity contribution in [3.8, 4) is 11.1 Å². The van der Waals surface area contributed by atoms with Crippen LogP contribution in [0.25, 0.3) is 11.1 Å². The molecule has 0 saturated heterocycles. The van der Waals surface area contributed by atoms with Gasteiger partial charge in [-0.05, 0) is 47.9 Å². The minimum Gasteiger partial charge on any atom is -0.481 e. The van der Waals surface area contributed by atoms with Crippen LogP contribution in [0.15, 0.2) is 48.5 Å². The van der Waals surface area contributed by atoms with Gasteiger partial charge >= 0.3 is 12.1 Å². The van der Waals surface area contributed by atoms with Gasteiger partial charge < -0.3 is 20.5 Å². The topological polar surface area (TPSA) is 105 Å². The van der Waals surface area contributed by atoms with E-state index >= 15 is 0 Å². The van der Waals surface area contributed by atoms with E-state index in [0.717, 1.165) is 28.7 Å². The molecular weight excluding hydrogens is 420 g/mol. The smallest absolute Gasteiger partial charge is 0.407 e. The molecule has 0 spiro atoms. The van der Waals surface area contributed by atoms with E-state index in [0.29, 0.717) is 12.3 Å². The minimum absolute atomic E-state index is 0.0679. The minimum atomic E-state index is -0.994. The largest absolute Gasteiger partial charge is 0.481 e. The van der Waals surface area contributed by atoms with Crippen LogP contribution < -0.4 is 10.6 Å². The number of ether oxygens (including phenoxy) is 1. The summed E-state index contributed by atoms with van der Waals surface area (Å²) in [5.74, 6) is -1.12. The molecule has 2 aromatic rings. The summed E-state index contributed by atoms with van der Waals surface area (Å²) in [5, 5.41) is 14.3. The van der Waals surface area contributed by atoms with Gasteiger partial charge in [-0.15, -0.1) is 0 Å². The molecule has 33 heavy (non-hydrogen) atoms. The fourth-order valence-corrected chi connectivity index (χ4v) is 4.21. The Bertz CT molecular complexity index is 958. The van der Waals surface area contributed by atoms with Crippen LogP contribution in [0.2, 0.25) is 0 Å². The van der Waals surface area contributed by atoms with Crippen molar-refractivity contribution in [2.45, 2.75) is 58.0 Å². The number of alkyl carbamates (subject to hydrolysis) is 1. The number of carbonyl (C=O) groups is 3. The van der Waals surface area contributed by atoms with Crippen LogP contribution in [0, 0.1) is 5.92 Å². The first-order valence-electron chi connectivity index (χ1n) is 11.4. The Morgan fingerprint density at radius 1 is 0.909 bits per heavy atom. The number of aliphatic carboxylic acids is 1. The summed E-state index contributed by atoms with van der Waals surface area (Å²) in [7, 11) is 0. The van der Waals surface area contributed by atoms with Crippen LogP contribution in [0.3, 0.4) is 0 Å². The Balaban J connectivity index is 1.64. The molecule has 0 saturated carbocycles. The summed E-state index contributed by atoms with van der Waals surface area (Å²) >= 11 is 0. The summed E-state index contributed by atoms with van der Waals surface area (Å²) in [6.45, 7) is 5.86. The van der Waals surface area contributed by atoms with Gasteiger partial charge in [0, 0.05) is 12.0 Å². The normalized spacial score (nSPS) is 14.2. The fraction of sp³-hybridized carbons (Fsp3) is 0.423. The molecule has 7 nitrogen and oxygen atoms in total. The van der Waals surface area contributed by atoms with Crippen molar-refractivity contribution in [1.82, 2.24) is 10.6 Å². The molecule has 0 aliphatic heterocycles. The number of fused-ring (bicyclic) bond motifs is 3. The standard InChI is InChI=1S/C26H32N2O5/c1-16(2)12-13-23(25(31)27-17(3)14-24(29)30)28-26(32)33-15-22-20-10-6-4-8-18(20)19-9-5-7-11-21(19)22/h4-11,16-17,22-23H,12-15H2,1-3H3,(H,27,31)(H,28,32)(H,29,30). The van der Waals surface area contributed by atoms with Crippen LogP contribution in [-0.2, 0) is 14.3 Å². The van der Waals surface area contributed by atoms with E-state index in [2.05, 4.69) is 22.8 Å². The average Bonchev–Trinajstić information content (AvgIpc) is 3.08. The Kier molecular flexibility index (Phi) is 8.09. The van der Waals surface area contributed by atoms with Crippen LogP contribution in [0.5, 0.6) is 0 Å². The number of carboxylic acids is 1. The van der Waals surface area contributed by atoms with Gasteiger partial charge in [0.1, 0.15) is 12.6 Å². The maximum atomic E-state index is 12.7. The third-order valence-corrected chi connectivity index (χ3v) is 5.85. The van der Waals surface area contributed by atoms with E-state index in [-0.39, 0.29) is 18.9 Å². The molecule has 1 aliphatic carbocycles. The number of amides is 2. The molecule has 2 aromatic carbocycles. The lowest BCUT2D eigenvalue weighted by molar-refractivity contribution is -0.137. The molecule has 0 aromatic heterocycles. The molecule has 3 N–H and O–H groups in total. The van der Waals surface area contributed by atoms with Crippen molar-refractivity contribution in [3.05, 3.63) is 59.7 Å². The highest BCUT2D eigenvalue weighted by atomic mass is 16.5. The zero-order valence-corrected chi connectivity index (χ0v) is 19.3. The molecular formula is C26H32N2O5. The van der Waals surface area contributed by atoms with Crippen molar-refractivity contribution in [1.29, 1.82) is 0 Å². The number of carboxylic acid groups (broad SMARTS) is 1. The molecule has 2 unspecified atom stereocenters. The molecule has 0 radical (unpaired) electrons. The second-order valence-corrected chi connectivity index (χ2v) is 9.00. The lowest BCUT2D eigenvalue weighted by Crippen LogP contribution is -2.49. The van der Waals surface area contributed by atoms with Crippen LogP contribution >= 0.6 is 0 Å². The zero-order chi connectivity index (χ0) is 24.0. The van der Waals surface area contributed by atoms with Gasteiger partial charge in [0.25, 0.3) is 0 Å². The second-order valence-electron chi connectivity index (χ2n) is 9.00. The second kappa shape index (κ2) is 11.0.